The molecule has 0 fully saturated rings. The van der Waals surface area contributed by atoms with Gasteiger partial charge in [-0.1, -0.05) is 131 Å². The minimum Gasteiger partial charge on any atom is -0.871 e. The second-order valence-corrected chi connectivity index (χ2v) is 9.76. The third-order valence-electron chi connectivity index (χ3n) is 6.08. The molecule has 6 aromatic rings. The van der Waals surface area contributed by atoms with Crippen LogP contribution in [-0.4, -0.2) is 0 Å². The van der Waals surface area contributed by atoms with Crippen molar-refractivity contribution in [3.63, 3.8) is 0 Å². The van der Waals surface area contributed by atoms with Gasteiger partial charge in [-0.2, -0.15) is 20.5 Å². The van der Waals surface area contributed by atoms with E-state index in [0.29, 0.717) is 20.8 Å². The summed E-state index contributed by atoms with van der Waals surface area (Å²) in [5.41, 5.74) is 0.643. The molecular formula is C32H20Cl2FeN4O4. The largest absolute Gasteiger partial charge is 2.00 e. The van der Waals surface area contributed by atoms with Gasteiger partial charge in [0, 0.05) is 20.8 Å². The van der Waals surface area contributed by atoms with Gasteiger partial charge in [0.1, 0.15) is 0 Å². The third kappa shape index (κ3) is 7.41. The maximum absolute atomic E-state index is 11.9. The molecule has 43 heavy (non-hydrogen) atoms. The van der Waals surface area contributed by atoms with Gasteiger partial charge in [0.15, 0.2) is 0 Å². The SMILES string of the molecule is [Fe+2].[H+].[H+].[O-]c1ccc(Cl)cc1N=Nc1c([O-])ccc2ccccc12.[O-]c1ccc(Cl)cc1N=Nc1c([O-])ccc2ccccc12. The van der Waals surface area contributed by atoms with Crippen molar-refractivity contribution in [2.75, 3.05) is 0 Å². The first-order valence-corrected chi connectivity index (χ1v) is 13.2. The average Bonchev–Trinajstić information content (AvgIpc) is 2.99. The first-order chi connectivity index (χ1) is 20.3. The molecule has 0 radical (unpaired) electrons. The fraction of sp³-hybridized carbons (Fsp3) is 0. The van der Waals surface area contributed by atoms with Crippen LogP contribution in [0.3, 0.4) is 0 Å². The molecule has 0 aliphatic carbocycles. The number of rotatable bonds is 4. The standard InChI is InChI=1S/2C16H11ClN2O2.Fe/c2*17-11-6-8-14(20)13(9-11)18-19-16-12-4-2-1-3-10(12)5-7-15(16)21;/h2*1-9,20-21H;/q;;+2/p-2. The molecule has 8 nitrogen and oxygen atoms in total. The fourth-order valence-electron chi connectivity index (χ4n) is 4.02. The van der Waals surface area contributed by atoms with E-state index >= 15 is 0 Å². The van der Waals surface area contributed by atoms with E-state index in [1.165, 1.54) is 48.5 Å². The number of nitrogens with zero attached hydrogens (tertiary/aromatic N) is 4. The quantitative estimate of drug-likeness (QED) is 0.140. The van der Waals surface area contributed by atoms with E-state index in [1.54, 1.807) is 24.3 Å². The summed E-state index contributed by atoms with van der Waals surface area (Å²) in [6, 6.07) is 29.5. The van der Waals surface area contributed by atoms with Gasteiger partial charge in [-0.25, -0.2) is 0 Å². The topological polar surface area (TPSA) is 142 Å². The van der Waals surface area contributed by atoms with Gasteiger partial charge < -0.3 is 20.4 Å². The Morgan fingerprint density at radius 1 is 0.442 bits per heavy atom. The maximum Gasteiger partial charge on any atom is 2.00 e. The maximum atomic E-state index is 11.9. The second-order valence-electron chi connectivity index (χ2n) is 8.89. The molecule has 0 aliphatic rings. The van der Waals surface area contributed by atoms with Gasteiger partial charge in [-0.15, -0.1) is 0 Å². The van der Waals surface area contributed by atoms with Crippen LogP contribution in [-0.2, 0) is 17.1 Å². The number of hydrogen-bond donors (Lipinski definition) is 0. The predicted molar refractivity (Wildman–Crippen MR) is 159 cm³/mol. The van der Waals surface area contributed by atoms with Crippen LogP contribution < -0.4 is 20.4 Å². The molecule has 214 valence electrons. The van der Waals surface area contributed by atoms with Gasteiger partial charge in [-0.05, 0) is 35.0 Å². The van der Waals surface area contributed by atoms with E-state index < -0.39 is 0 Å². The number of fused-ring (bicyclic) bond motifs is 2. The van der Waals surface area contributed by atoms with Crippen molar-refractivity contribution in [3.8, 4) is 23.0 Å². The fourth-order valence-corrected chi connectivity index (χ4v) is 4.35. The zero-order chi connectivity index (χ0) is 29.6. The van der Waals surface area contributed by atoms with E-state index in [9.17, 15) is 20.4 Å². The van der Waals surface area contributed by atoms with E-state index in [2.05, 4.69) is 20.5 Å². The van der Waals surface area contributed by atoms with Crippen LogP contribution in [0.4, 0.5) is 22.7 Å². The van der Waals surface area contributed by atoms with Gasteiger partial charge >= 0.3 is 19.9 Å². The van der Waals surface area contributed by atoms with Crippen molar-refractivity contribution in [1.82, 2.24) is 0 Å². The number of benzene rings is 6. The van der Waals surface area contributed by atoms with Gasteiger partial charge in [0.25, 0.3) is 0 Å². The van der Waals surface area contributed by atoms with Crippen LogP contribution in [0.1, 0.15) is 2.85 Å². The van der Waals surface area contributed by atoms with Gasteiger partial charge in [-0.3, -0.25) is 0 Å². The first kappa shape index (κ1) is 31.3. The molecule has 0 unspecified atom stereocenters. The summed E-state index contributed by atoms with van der Waals surface area (Å²) < 4.78 is 0. The molecule has 6 aromatic carbocycles. The van der Waals surface area contributed by atoms with Crippen LogP contribution >= 0.6 is 23.2 Å². The Kier molecular flexibility index (Phi) is 10.2. The normalized spacial score (nSPS) is 11.0. The van der Waals surface area contributed by atoms with Crippen molar-refractivity contribution in [1.29, 1.82) is 0 Å². The molecule has 11 heteroatoms. The van der Waals surface area contributed by atoms with Gasteiger partial charge in [0.05, 0.1) is 22.7 Å². The number of halogens is 2. The van der Waals surface area contributed by atoms with E-state index in [-0.39, 0.29) is 65.7 Å². The molecule has 0 bridgehead atoms. The molecule has 0 atom stereocenters. The van der Waals surface area contributed by atoms with Crippen molar-refractivity contribution in [2.24, 2.45) is 20.5 Å². The first-order valence-electron chi connectivity index (χ1n) is 12.4. The Hall–Kier alpha value is -4.66. The smallest absolute Gasteiger partial charge is 0.871 e. The molecule has 0 aliphatic heterocycles. The zero-order valence-electron chi connectivity index (χ0n) is 23.9. The third-order valence-corrected chi connectivity index (χ3v) is 6.55. The monoisotopic (exact) mass is 650 g/mol. The van der Waals surface area contributed by atoms with Crippen LogP contribution in [0.5, 0.6) is 23.0 Å². The Balaban J connectivity index is 0.000000294. The van der Waals surface area contributed by atoms with Crippen molar-refractivity contribution in [2.45, 2.75) is 0 Å². The number of hydrogen-bond acceptors (Lipinski definition) is 8. The molecule has 6 rings (SSSR count). The Bertz CT molecular complexity index is 1860. The van der Waals surface area contributed by atoms with Crippen molar-refractivity contribution < 1.29 is 40.3 Å². The minimum absolute atomic E-state index is 0. The average molecular weight is 651 g/mol. The summed E-state index contributed by atoms with van der Waals surface area (Å²) in [6.07, 6.45) is 0. The van der Waals surface area contributed by atoms with Crippen LogP contribution in [0, 0.1) is 0 Å². The summed E-state index contributed by atoms with van der Waals surface area (Å²) in [7, 11) is 0. The van der Waals surface area contributed by atoms with Crippen molar-refractivity contribution >= 4 is 67.5 Å². The molecular weight excluding hydrogens is 631 g/mol. The Morgan fingerprint density at radius 2 is 0.814 bits per heavy atom. The summed E-state index contributed by atoms with van der Waals surface area (Å²) in [4.78, 5) is 0. The predicted octanol–water partition coefficient (Wildman–Crippen LogP) is 8.33. The zero-order valence-corrected chi connectivity index (χ0v) is 24.5. The van der Waals surface area contributed by atoms with E-state index in [1.807, 2.05) is 36.4 Å². The van der Waals surface area contributed by atoms with Crippen molar-refractivity contribution in [3.05, 3.63) is 119 Å². The Labute approximate surface area is 269 Å². The van der Waals surface area contributed by atoms with Gasteiger partial charge in [0.2, 0.25) is 0 Å². The van der Waals surface area contributed by atoms with E-state index in [4.69, 9.17) is 23.2 Å². The molecule has 0 aromatic heterocycles. The van der Waals surface area contributed by atoms with Crippen LogP contribution in [0.25, 0.3) is 21.5 Å². The van der Waals surface area contributed by atoms with Crippen LogP contribution in [0.2, 0.25) is 10.0 Å². The second kappa shape index (κ2) is 14.0. The molecule has 0 N–H and O–H groups in total. The molecule has 0 saturated carbocycles. The molecule has 0 spiro atoms. The van der Waals surface area contributed by atoms with Crippen LogP contribution in [0.15, 0.2) is 130 Å². The Morgan fingerprint density at radius 3 is 1.23 bits per heavy atom. The number of azo groups is 2. The molecule has 0 saturated heterocycles. The summed E-state index contributed by atoms with van der Waals surface area (Å²) >= 11 is 11.6. The molecule has 0 heterocycles. The molecule has 0 amide bonds. The summed E-state index contributed by atoms with van der Waals surface area (Å²) in [6.45, 7) is 0. The summed E-state index contributed by atoms with van der Waals surface area (Å²) in [5, 5.41) is 66.8. The van der Waals surface area contributed by atoms with E-state index in [0.717, 1.165) is 10.8 Å². The summed E-state index contributed by atoms with van der Waals surface area (Å²) in [5.74, 6) is -1.08. The minimum atomic E-state index is -0.296.